The molecule has 0 aromatic heterocycles. The van der Waals surface area contributed by atoms with E-state index in [2.05, 4.69) is 29.1 Å². The first-order valence-electron chi connectivity index (χ1n) is 9.64. The van der Waals surface area contributed by atoms with Crippen molar-refractivity contribution in [3.8, 4) is 0 Å². The standard InChI is InChI=1S/C22H30N2O2S/c1-16-9-14-21(20-8-6-5-7-19(16)20)23-15-17-10-12-18(13-11-17)24-27(25,26)22(2,3)4/h9-14,23-24H,5-8,15H2,1-4H3. The Morgan fingerprint density at radius 3 is 2.19 bits per heavy atom. The highest BCUT2D eigenvalue weighted by molar-refractivity contribution is 7.94. The van der Waals surface area contributed by atoms with Crippen LogP contribution in [0.1, 0.15) is 55.9 Å². The molecule has 0 amide bonds. The maximum atomic E-state index is 12.3. The fourth-order valence-electron chi connectivity index (χ4n) is 3.41. The van der Waals surface area contributed by atoms with Gasteiger partial charge in [-0.1, -0.05) is 18.2 Å². The van der Waals surface area contributed by atoms with E-state index >= 15 is 0 Å². The van der Waals surface area contributed by atoms with Crippen molar-refractivity contribution in [1.29, 1.82) is 0 Å². The highest BCUT2D eigenvalue weighted by Gasteiger charge is 2.28. The summed E-state index contributed by atoms with van der Waals surface area (Å²) >= 11 is 0. The number of rotatable bonds is 5. The molecule has 0 saturated carbocycles. The van der Waals surface area contributed by atoms with Crippen molar-refractivity contribution in [3.05, 3.63) is 58.7 Å². The van der Waals surface area contributed by atoms with E-state index < -0.39 is 14.8 Å². The normalized spacial score (nSPS) is 14.5. The fraction of sp³-hybridized carbons (Fsp3) is 0.455. The van der Waals surface area contributed by atoms with E-state index in [4.69, 9.17) is 0 Å². The summed E-state index contributed by atoms with van der Waals surface area (Å²) in [6.45, 7) is 7.99. The molecule has 1 aliphatic carbocycles. The minimum absolute atomic E-state index is 0.599. The van der Waals surface area contributed by atoms with Crippen LogP contribution in [-0.4, -0.2) is 13.2 Å². The van der Waals surface area contributed by atoms with Gasteiger partial charge in [-0.3, -0.25) is 4.72 Å². The predicted octanol–water partition coefficient (Wildman–Crippen LogP) is 5.03. The third kappa shape index (κ3) is 4.46. The van der Waals surface area contributed by atoms with Gasteiger partial charge in [-0.25, -0.2) is 8.42 Å². The Kier molecular flexibility index (Phi) is 5.52. The Hall–Kier alpha value is -2.01. The molecular formula is C22H30N2O2S. The molecule has 27 heavy (non-hydrogen) atoms. The quantitative estimate of drug-likeness (QED) is 0.758. The summed E-state index contributed by atoms with van der Waals surface area (Å²) in [4.78, 5) is 0. The molecule has 4 nitrogen and oxygen atoms in total. The summed E-state index contributed by atoms with van der Waals surface area (Å²) in [7, 11) is -3.40. The molecule has 146 valence electrons. The van der Waals surface area contributed by atoms with Crippen molar-refractivity contribution in [2.75, 3.05) is 10.0 Å². The number of sulfonamides is 1. The zero-order chi connectivity index (χ0) is 19.7. The van der Waals surface area contributed by atoms with Gasteiger partial charge in [0, 0.05) is 17.9 Å². The van der Waals surface area contributed by atoms with E-state index in [9.17, 15) is 8.42 Å². The molecule has 1 aliphatic rings. The summed E-state index contributed by atoms with van der Waals surface area (Å²) in [6.07, 6.45) is 4.86. The van der Waals surface area contributed by atoms with Crippen LogP contribution in [-0.2, 0) is 29.4 Å². The smallest absolute Gasteiger partial charge is 0.237 e. The van der Waals surface area contributed by atoms with Crippen LogP contribution in [0.5, 0.6) is 0 Å². The van der Waals surface area contributed by atoms with Gasteiger partial charge < -0.3 is 5.32 Å². The van der Waals surface area contributed by atoms with Crippen LogP contribution < -0.4 is 10.0 Å². The van der Waals surface area contributed by atoms with E-state index in [1.165, 1.54) is 41.6 Å². The molecule has 0 radical (unpaired) electrons. The second-order valence-electron chi connectivity index (χ2n) is 8.36. The first-order valence-corrected chi connectivity index (χ1v) is 11.1. The number of fused-ring (bicyclic) bond motifs is 1. The van der Waals surface area contributed by atoms with Gasteiger partial charge >= 0.3 is 0 Å². The number of benzene rings is 2. The molecule has 2 aromatic carbocycles. The first kappa shape index (κ1) is 19.7. The molecular weight excluding hydrogens is 356 g/mol. The molecule has 0 atom stereocenters. The van der Waals surface area contributed by atoms with Crippen molar-refractivity contribution < 1.29 is 8.42 Å². The summed E-state index contributed by atoms with van der Waals surface area (Å²) < 4.78 is 26.3. The van der Waals surface area contributed by atoms with Crippen molar-refractivity contribution in [3.63, 3.8) is 0 Å². The second-order valence-corrected chi connectivity index (χ2v) is 10.8. The van der Waals surface area contributed by atoms with Crippen molar-refractivity contribution in [2.45, 2.75) is 64.7 Å². The van der Waals surface area contributed by atoms with Gasteiger partial charge in [-0.2, -0.15) is 0 Å². The van der Waals surface area contributed by atoms with Crippen molar-refractivity contribution in [2.24, 2.45) is 0 Å². The summed E-state index contributed by atoms with van der Waals surface area (Å²) in [6, 6.07) is 12.0. The SMILES string of the molecule is Cc1ccc(NCc2ccc(NS(=O)(=O)C(C)(C)C)cc2)c2c1CCCC2. The Bertz CT molecular complexity index is 911. The number of hydrogen-bond acceptors (Lipinski definition) is 3. The lowest BCUT2D eigenvalue weighted by molar-refractivity contribution is 0.566. The summed E-state index contributed by atoms with van der Waals surface area (Å²) in [5.41, 5.74) is 7.33. The minimum atomic E-state index is -3.40. The number of anilines is 2. The lowest BCUT2D eigenvalue weighted by atomic mass is 9.87. The molecule has 2 aromatic rings. The Labute approximate surface area is 163 Å². The van der Waals surface area contributed by atoms with Crippen LogP contribution in [0, 0.1) is 6.92 Å². The molecule has 0 heterocycles. The zero-order valence-electron chi connectivity index (χ0n) is 16.7. The highest BCUT2D eigenvalue weighted by atomic mass is 32.2. The van der Waals surface area contributed by atoms with Gasteiger partial charge in [-0.15, -0.1) is 0 Å². The summed E-state index contributed by atoms with van der Waals surface area (Å²) in [5, 5.41) is 3.57. The largest absolute Gasteiger partial charge is 0.381 e. The van der Waals surface area contributed by atoms with Gasteiger partial charge in [-0.05, 0) is 93.8 Å². The van der Waals surface area contributed by atoms with Gasteiger partial charge in [0.05, 0.1) is 4.75 Å². The maximum absolute atomic E-state index is 12.3. The third-order valence-corrected chi connectivity index (χ3v) is 7.38. The molecule has 0 saturated heterocycles. The Balaban J connectivity index is 1.68. The molecule has 5 heteroatoms. The highest BCUT2D eigenvalue weighted by Crippen LogP contribution is 2.31. The van der Waals surface area contributed by atoms with Gasteiger partial charge in [0.25, 0.3) is 0 Å². The maximum Gasteiger partial charge on any atom is 0.237 e. The predicted molar refractivity (Wildman–Crippen MR) is 114 cm³/mol. The van der Waals surface area contributed by atoms with Gasteiger partial charge in [0.1, 0.15) is 0 Å². The lowest BCUT2D eigenvalue weighted by Crippen LogP contribution is -2.33. The van der Waals surface area contributed by atoms with Crippen LogP contribution >= 0.6 is 0 Å². The molecule has 3 rings (SSSR count). The zero-order valence-corrected chi connectivity index (χ0v) is 17.5. The number of hydrogen-bond donors (Lipinski definition) is 2. The van der Waals surface area contributed by atoms with Crippen molar-refractivity contribution >= 4 is 21.4 Å². The molecule has 0 aliphatic heterocycles. The van der Waals surface area contributed by atoms with Gasteiger partial charge in [0.2, 0.25) is 10.0 Å². The van der Waals surface area contributed by atoms with E-state index in [1.807, 2.05) is 24.3 Å². The molecule has 0 unspecified atom stereocenters. The topological polar surface area (TPSA) is 58.2 Å². The van der Waals surface area contributed by atoms with E-state index in [0.29, 0.717) is 5.69 Å². The number of nitrogens with one attached hydrogen (secondary N) is 2. The van der Waals surface area contributed by atoms with Crippen LogP contribution in [0.2, 0.25) is 0 Å². The molecule has 2 N–H and O–H groups in total. The minimum Gasteiger partial charge on any atom is -0.381 e. The average molecular weight is 387 g/mol. The monoisotopic (exact) mass is 386 g/mol. The molecule has 0 spiro atoms. The van der Waals surface area contributed by atoms with E-state index in [1.54, 1.807) is 20.8 Å². The van der Waals surface area contributed by atoms with Crippen molar-refractivity contribution in [1.82, 2.24) is 0 Å². The van der Waals surface area contributed by atoms with Crippen LogP contribution in [0.25, 0.3) is 0 Å². The third-order valence-electron chi connectivity index (χ3n) is 5.26. The second kappa shape index (κ2) is 7.55. The van der Waals surface area contributed by atoms with Crippen LogP contribution in [0.3, 0.4) is 0 Å². The van der Waals surface area contributed by atoms with E-state index in [-0.39, 0.29) is 0 Å². The van der Waals surface area contributed by atoms with Crippen LogP contribution in [0.15, 0.2) is 36.4 Å². The Morgan fingerprint density at radius 2 is 1.56 bits per heavy atom. The molecule has 0 bridgehead atoms. The lowest BCUT2D eigenvalue weighted by Gasteiger charge is -2.22. The van der Waals surface area contributed by atoms with E-state index in [0.717, 1.165) is 18.5 Å². The molecule has 0 fully saturated rings. The Morgan fingerprint density at radius 1 is 0.926 bits per heavy atom. The van der Waals surface area contributed by atoms with Gasteiger partial charge in [0.15, 0.2) is 0 Å². The first-order chi connectivity index (χ1) is 12.7. The fourth-order valence-corrected chi connectivity index (χ4v) is 4.16. The number of aryl methyl sites for hydroxylation is 1. The van der Waals surface area contributed by atoms with Crippen LogP contribution in [0.4, 0.5) is 11.4 Å². The average Bonchev–Trinajstić information content (AvgIpc) is 2.61. The summed E-state index contributed by atoms with van der Waals surface area (Å²) in [5.74, 6) is 0.